The maximum atomic E-state index is 13.1. The number of aromatic nitrogens is 1. The molecule has 11 heteroatoms. The molecule has 1 aromatic rings. The Morgan fingerprint density at radius 3 is 2.27 bits per heavy atom. The Morgan fingerprint density at radius 2 is 1.86 bits per heavy atom. The lowest BCUT2D eigenvalue weighted by atomic mass is 10.0. The lowest BCUT2D eigenvalue weighted by Crippen LogP contribution is -2.23. The van der Waals surface area contributed by atoms with Crippen LogP contribution in [0.15, 0.2) is 6.20 Å². The number of ether oxygens (including phenoxy) is 2. The van der Waals surface area contributed by atoms with Crippen LogP contribution in [0.5, 0.6) is 5.75 Å². The summed E-state index contributed by atoms with van der Waals surface area (Å²) in [6, 6.07) is 0. The molecule has 0 aliphatic carbocycles. The van der Waals surface area contributed by atoms with Crippen LogP contribution in [0.25, 0.3) is 0 Å². The Bertz CT molecular complexity index is 558. The number of carbonyl (C=O) groups is 1. The van der Waals surface area contributed by atoms with Crippen molar-refractivity contribution in [1.29, 1.82) is 0 Å². The fourth-order valence-electron chi connectivity index (χ4n) is 1.62. The van der Waals surface area contributed by atoms with E-state index in [1.165, 1.54) is 0 Å². The van der Waals surface area contributed by atoms with Gasteiger partial charge in [-0.1, -0.05) is 15.9 Å². The first-order chi connectivity index (χ1) is 9.99. The van der Waals surface area contributed by atoms with Crippen LogP contribution >= 0.6 is 15.9 Å². The Balaban J connectivity index is 3.54. The fraction of sp³-hybridized carbons (Fsp3) is 0.455. The summed E-state index contributed by atoms with van der Waals surface area (Å²) in [5, 5.41) is -0.373. The van der Waals surface area contributed by atoms with E-state index in [1.54, 1.807) is 0 Å². The maximum absolute atomic E-state index is 13.1. The molecule has 0 aliphatic heterocycles. The highest BCUT2D eigenvalue weighted by Gasteiger charge is 2.41. The Morgan fingerprint density at radius 1 is 1.27 bits per heavy atom. The fourth-order valence-corrected chi connectivity index (χ4v) is 2.04. The normalized spacial score (nSPS) is 12.2. The zero-order valence-corrected chi connectivity index (χ0v) is 12.4. The van der Waals surface area contributed by atoms with Gasteiger partial charge < -0.3 is 9.47 Å². The van der Waals surface area contributed by atoms with Crippen LogP contribution < -0.4 is 4.74 Å². The number of pyridine rings is 1. The standard InChI is InChI=1S/C11H8BrF6NO3/c1-21-8(20)2-5-7(22-11(16,17)18)4-19-6(3-12)9(5)10(13,14)15/h4H,2-3H2,1H3. The van der Waals surface area contributed by atoms with E-state index in [0.717, 1.165) is 7.11 Å². The van der Waals surface area contributed by atoms with Crippen LogP contribution in [0.3, 0.4) is 0 Å². The summed E-state index contributed by atoms with van der Waals surface area (Å²) in [5.41, 5.74) is -3.02. The topological polar surface area (TPSA) is 48.4 Å². The highest BCUT2D eigenvalue weighted by Crippen LogP contribution is 2.40. The van der Waals surface area contributed by atoms with Crippen LogP contribution in [0, 0.1) is 0 Å². The predicted molar refractivity (Wildman–Crippen MR) is 64.3 cm³/mol. The largest absolute Gasteiger partial charge is 0.573 e. The molecule has 1 heterocycles. The maximum Gasteiger partial charge on any atom is 0.573 e. The number of rotatable bonds is 4. The van der Waals surface area contributed by atoms with Crippen LogP contribution in [0.2, 0.25) is 0 Å². The van der Waals surface area contributed by atoms with E-state index in [-0.39, 0.29) is 5.33 Å². The number of methoxy groups -OCH3 is 1. The number of hydrogen-bond donors (Lipinski definition) is 0. The van der Waals surface area contributed by atoms with Crippen molar-refractivity contribution in [3.8, 4) is 5.75 Å². The minimum Gasteiger partial charge on any atom is -0.469 e. The molecule has 0 N–H and O–H groups in total. The lowest BCUT2D eigenvalue weighted by Gasteiger charge is -2.19. The molecule has 0 atom stereocenters. The molecule has 1 rings (SSSR count). The molecule has 1 aromatic heterocycles. The van der Waals surface area contributed by atoms with Gasteiger partial charge in [-0.25, -0.2) is 0 Å². The molecular formula is C11H8BrF6NO3. The van der Waals surface area contributed by atoms with E-state index >= 15 is 0 Å². The molecule has 0 spiro atoms. The van der Waals surface area contributed by atoms with Gasteiger partial charge in [0.15, 0.2) is 5.75 Å². The quantitative estimate of drug-likeness (QED) is 0.444. The van der Waals surface area contributed by atoms with E-state index in [4.69, 9.17) is 0 Å². The second-order valence-corrected chi connectivity index (χ2v) is 4.42. The Hall–Kier alpha value is -1.52. The molecule has 0 unspecified atom stereocenters. The number of esters is 1. The third-order valence-corrected chi connectivity index (χ3v) is 2.94. The molecule has 0 aliphatic rings. The third kappa shape index (κ3) is 4.75. The van der Waals surface area contributed by atoms with Crippen molar-refractivity contribution in [2.75, 3.05) is 7.11 Å². The summed E-state index contributed by atoms with van der Waals surface area (Å²) >= 11 is 2.76. The van der Waals surface area contributed by atoms with Gasteiger partial charge in [0.05, 0.1) is 31.0 Å². The van der Waals surface area contributed by atoms with Crippen molar-refractivity contribution in [3.63, 3.8) is 0 Å². The molecule has 4 nitrogen and oxygen atoms in total. The summed E-state index contributed by atoms with van der Waals surface area (Å²) in [4.78, 5) is 14.5. The van der Waals surface area contributed by atoms with Gasteiger partial charge in [-0.15, -0.1) is 13.2 Å². The average molecular weight is 396 g/mol. The Kier molecular flexibility index (Phi) is 5.65. The van der Waals surface area contributed by atoms with Crippen LogP contribution in [-0.2, 0) is 27.5 Å². The van der Waals surface area contributed by atoms with Gasteiger partial charge >= 0.3 is 18.5 Å². The van der Waals surface area contributed by atoms with E-state index in [1.807, 2.05) is 0 Å². The van der Waals surface area contributed by atoms with Crippen LogP contribution in [-0.4, -0.2) is 24.4 Å². The number of nitrogens with zero attached hydrogens (tertiary/aromatic N) is 1. The summed E-state index contributed by atoms with van der Waals surface area (Å²) in [5.74, 6) is -2.35. The van der Waals surface area contributed by atoms with Crippen molar-refractivity contribution in [1.82, 2.24) is 4.98 Å². The SMILES string of the molecule is COC(=O)Cc1c(OC(F)(F)F)cnc(CBr)c1C(F)(F)F. The van der Waals surface area contributed by atoms with Crippen LogP contribution in [0.4, 0.5) is 26.3 Å². The molecule has 22 heavy (non-hydrogen) atoms. The second-order valence-electron chi connectivity index (χ2n) is 3.85. The molecule has 0 radical (unpaired) electrons. The number of hydrogen-bond acceptors (Lipinski definition) is 4. The molecule has 0 aromatic carbocycles. The first-order valence-corrected chi connectivity index (χ1v) is 6.58. The number of alkyl halides is 7. The zero-order valence-electron chi connectivity index (χ0n) is 10.8. The van der Waals surface area contributed by atoms with Crippen LogP contribution in [0.1, 0.15) is 16.8 Å². The van der Waals surface area contributed by atoms with Crippen molar-refractivity contribution >= 4 is 21.9 Å². The van der Waals surface area contributed by atoms with Crippen molar-refractivity contribution in [2.24, 2.45) is 0 Å². The minimum atomic E-state index is -5.23. The third-order valence-electron chi connectivity index (χ3n) is 2.41. The van der Waals surface area contributed by atoms with Crippen molar-refractivity contribution in [3.05, 3.63) is 23.0 Å². The molecular weight excluding hydrogens is 388 g/mol. The summed E-state index contributed by atoms with van der Waals surface area (Å²) in [6.45, 7) is 0. The highest BCUT2D eigenvalue weighted by molar-refractivity contribution is 9.08. The zero-order chi connectivity index (χ0) is 17.1. The van der Waals surface area contributed by atoms with Gasteiger partial charge in [0.2, 0.25) is 0 Å². The van der Waals surface area contributed by atoms with Gasteiger partial charge in [0, 0.05) is 10.9 Å². The van der Waals surface area contributed by atoms with Crippen molar-refractivity contribution in [2.45, 2.75) is 24.3 Å². The van der Waals surface area contributed by atoms with Gasteiger partial charge in [-0.05, 0) is 0 Å². The van der Waals surface area contributed by atoms with E-state index < -0.39 is 47.5 Å². The smallest absolute Gasteiger partial charge is 0.469 e. The first-order valence-electron chi connectivity index (χ1n) is 5.46. The Labute approximate surface area is 128 Å². The average Bonchev–Trinajstić information content (AvgIpc) is 2.37. The predicted octanol–water partition coefficient (Wildman–Crippen LogP) is 3.61. The van der Waals surface area contributed by atoms with E-state index in [2.05, 4.69) is 30.4 Å². The summed E-state index contributed by atoms with van der Waals surface area (Å²) in [6.07, 6.45) is -10.8. The molecule has 124 valence electrons. The monoisotopic (exact) mass is 395 g/mol. The van der Waals surface area contributed by atoms with E-state index in [9.17, 15) is 31.1 Å². The van der Waals surface area contributed by atoms with Gasteiger partial charge in [-0.3, -0.25) is 9.78 Å². The lowest BCUT2D eigenvalue weighted by molar-refractivity contribution is -0.275. The van der Waals surface area contributed by atoms with Gasteiger partial charge in [-0.2, -0.15) is 13.2 Å². The van der Waals surface area contributed by atoms with Gasteiger partial charge in [0.25, 0.3) is 0 Å². The molecule has 0 bridgehead atoms. The number of halogens is 7. The highest BCUT2D eigenvalue weighted by atomic mass is 79.9. The van der Waals surface area contributed by atoms with Gasteiger partial charge in [0.1, 0.15) is 0 Å². The first kappa shape index (κ1) is 18.5. The molecule has 0 saturated carbocycles. The molecule has 0 fully saturated rings. The number of carbonyl (C=O) groups excluding carboxylic acids is 1. The minimum absolute atomic E-state index is 0.373. The van der Waals surface area contributed by atoms with Crippen molar-refractivity contribution < 1.29 is 40.6 Å². The second kappa shape index (κ2) is 6.71. The summed E-state index contributed by atoms with van der Waals surface area (Å²) < 4.78 is 84.0. The molecule has 0 saturated heterocycles. The summed E-state index contributed by atoms with van der Waals surface area (Å²) in [7, 11) is 0.895. The molecule has 0 amide bonds. The van der Waals surface area contributed by atoms with E-state index in [0.29, 0.717) is 6.20 Å².